The summed E-state index contributed by atoms with van der Waals surface area (Å²) >= 11 is 0. The molecule has 4 aromatic rings. The highest BCUT2D eigenvalue weighted by Crippen LogP contribution is 2.36. The zero-order valence-electron chi connectivity index (χ0n) is 25.8. The summed E-state index contributed by atoms with van der Waals surface area (Å²) in [5, 5.41) is 2.60. The number of anilines is 2. The van der Waals surface area contributed by atoms with E-state index in [-0.39, 0.29) is 0 Å². The molecule has 0 spiro atoms. The first-order chi connectivity index (χ1) is 21.7. The number of likely N-dealkylation sites (tertiary alicyclic amines) is 1. The fraction of sp³-hybridized carbons (Fsp3) is 0.432. The van der Waals surface area contributed by atoms with Crippen LogP contribution in [0.5, 0.6) is 6.01 Å². The molecule has 226 valence electrons. The number of piperidine rings is 1. The molecule has 2 saturated heterocycles. The zero-order valence-corrected chi connectivity index (χ0v) is 25.8. The van der Waals surface area contributed by atoms with Crippen LogP contribution in [0.4, 0.5) is 11.5 Å². The van der Waals surface area contributed by atoms with Crippen LogP contribution < -0.4 is 14.5 Å². The Kier molecular flexibility index (Phi) is 8.35. The second-order valence-corrected chi connectivity index (χ2v) is 12.7. The van der Waals surface area contributed by atoms with Crippen molar-refractivity contribution in [3.8, 4) is 6.01 Å². The topological polar surface area (TPSA) is 49.1 Å². The lowest BCUT2D eigenvalue weighted by molar-refractivity contribution is 0.159. The van der Waals surface area contributed by atoms with Crippen LogP contribution in [-0.2, 0) is 19.5 Å². The van der Waals surface area contributed by atoms with Crippen LogP contribution in [0.2, 0.25) is 0 Å². The van der Waals surface area contributed by atoms with Crippen molar-refractivity contribution in [1.82, 2.24) is 14.9 Å². The maximum Gasteiger partial charge on any atom is 0.318 e. The van der Waals surface area contributed by atoms with Gasteiger partial charge in [-0.25, -0.2) is 6.57 Å². The number of aromatic nitrogens is 2. The molecule has 0 saturated carbocycles. The van der Waals surface area contributed by atoms with E-state index >= 15 is 0 Å². The first-order valence-electron chi connectivity index (χ1n) is 16.3. The molecule has 1 aromatic heterocycles. The van der Waals surface area contributed by atoms with Crippen molar-refractivity contribution < 1.29 is 4.74 Å². The molecule has 0 bridgehead atoms. The van der Waals surface area contributed by atoms with Crippen LogP contribution in [0, 0.1) is 19.4 Å². The molecule has 2 atom stereocenters. The van der Waals surface area contributed by atoms with E-state index in [1.165, 1.54) is 39.6 Å². The molecule has 3 aromatic carbocycles. The second kappa shape index (κ2) is 12.8. The first kappa shape index (κ1) is 28.6. The van der Waals surface area contributed by atoms with E-state index in [4.69, 9.17) is 21.3 Å². The Labute approximate surface area is 261 Å². The summed E-state index contributed by atoms with van der Waals surface area (Å²) in [6, 6.07) is 24.7. The molecule has 2 fully saturated rings. The van der Waals surface area contributed by atoms with Gasteiger partial charge >= 0.3 is 6.01 Å². The third kappa shape index (κ3) is 5.96. The molecular weight excluding hydrogens is 544 g/mol. The molecule has 4 heterocycles. The normalized spacial score (nSPS) is 20.5. The highest BCUT2D eigenvalue weighted by atomic mass is 16.5. The molecule has 0 aliphatic carbocycles. The molecule has 44 heavy (non-hydrogen) atoms. The second-order valence-electron chi connectivity index (χ2n) is 12.7. The van der Waals surface area contributed by atoms with Gasteiger partial charge in [-0.15, -0.1) is 0 Å². The van der Waals surface area contributed by atoms with Crippen LogP contribution in [0.15, 0.2) is 66.7 Å². The SMILES string of the molecule is [C-]#[N+]C[C@@H]1CCCN(c2nc(OC[C@@H]3CCCN3Cc3ccccc3)nc3c2CCN(c2cccc4cccc(C)c24)C3)C1. The van der Waals surface area contributed by atoms with Crippen molar-refractivity contribution in [3.05, 3.63) is 101 Å². The summed E-state index contributed by atoms with van der Waals surface area (Å²) in [5.41, 5.74) is 6.23. The van der Waals surface area contributed by atoms with Gasteiger partial charge in [0.05, 0.1) is 12.2 Å². The Morgan fingerprint density at radius 2 is 1.75 bits per heavy atom. The summed E-state index contributed by atoms with van der Waals surface area (Å²) in [6.45, 7) is 16.4. The van der Waals surface area contributed by atoms with Gasteiger partial charge in [0.1, 0.15) is 12.4 Å². The third-order valence-electron chi connectivity index (χ3n) is 9.75. The van der Waals surface area contributed by atoms with Gasteiger partial charge in [0.2, 0.25) is 6.54 Å². The lowest BCUT2D eigenvalue weighted by Crippen LogP contribution is -2.40. The predicted molar refractivity (Wildman–Crippen MR) is 177 cm³/mol. The zero-order chi connectivity index (χ0) is 29.9. The van der Waals surface area contributed by atoms with Crippen molar-refractivity contribution in [2.24, 2.45) is 5.92 Å². The fourth-order valence-corrected chi connectivity index (χ4v) is 7.51. The number of ether oxygens (including phenoxy) is 1. The average molecular weight is 587 g/mol. The van der Waals surface area contributed by atoms with E-state index in [1.54, 1.807) is 0 Å². The Bertz CT molecular complexity index is 1640. The van der Waals surface area contributed by atoms with Gasteiger partial charge in [-0.3, -0.25) is 4.90 Å². The number of benzene rings is 3. The number of rotatable bonds is 8. The minimum atomic E-state index is 0.353. The monoisotopic (exact) mass is 586 g/mol. The Balaban J connectivity index is 1.17. The number of hydrogen-bond acceptors (Lipinski definition) is 6. The van der Waals surface area contributed by atoms with Gasteiger partial charge in [-0.2, -0.15) is 9.97 Å². The Hall–Kier alpha value is -4.15. The Morgan fingerprint density at radius 1 is 0.909 bits per heavy atom. The van der Waals surface area contributed by atoms with Crippen LogP contribution in [0.1, 0.15) is 48.1 Å². The standard InChI is InChI=1S/C37H42N6O/c1-27-10-6-14-30-15-7-17-34(35(27)30)42-21-18-32-33(25-42)39-37(40-36(32)43-20-8-13-29(24-43)22-38-2)44-26-31-16-9-19-41(31)23-28-11-4-3-5-12-28/h3-7,10-12,14-15,17,29,31H,8-9,13,16,18-26H2,1H3/t29-,31-/m0/s1. The number of fused-ring (bicyclic) bond motifs is 2. The summed E-state index contributed by atoms with van der Waals surface area (Å²) in [4.78, 5) is 21.4. The van der Waals surface area contributed by atoms with Crippen molar-refractivity contribution in [2.45, 2.75) is 58.2 Å². The van der Waals surface area contributed by atoms with Crippen molar-refractivity contribution >= 4 is 22.3 Å². The van der Waals surface area contributed by atoms with Crippen molar-refractivity contribution in [1.29, 1.82) is 0 Å². The average Bonchev–Trinajstić information content (AvgIpc) is 3.50. The van der Waals surface area contributed by atoms with E-state index < -0.39 is 0 Å². The molecular formula is C37H42N6O. The maximum atomic E-state index is 7.45. The lowest BCUT2D eigenvalue weighted by atomic mass is 9.96. The predicted octanol–water partition coefficient (Wildman–Crippen LogP) is 6.68. The lowest BCUT2D eigenvalue weighted by Gasteiger charge is -2.36. The Morgan fingerprint density at radius 3 is 2.61 bits per heavy atom. The summed E-state index contributed by atoms with van der Waals surface area (Å²) in [6.07, 6.45) is 5.41. The molecule has 0 unspecified atom stereocenters. The maximum absolute atomic E-state index is 7.45. The molecule has 0 radical (unpaired) electrons. The van der Waals surface area contributed by atoms with Crippen molar-refractivity contribution in [2.75, 3.05) is 49.1 Å². The minimum absolute atomic E-state index is 0.353. The summed E-state index contributed by atoms with van der Waals surface area (Å²) in [5.74, 6) is 1.42. The molecule has 7 rings (SSSR count). The molecule has 0 N–H and O–H groups in total. The fourth-order valence-electron chi connectivity index (χ4n) is 7.51. The number of nitrogens with zero attached hydrogens (tertiary/aromatic N) is 6. The van der Waals surface area contributed by atoms with Gasteiger partial charge in [-0.1, -0.05) is 60.7 Å². The molecule has 7 nitrogen and oxygen atoms in total. The number of aryl methyl sites for hydroxylation is 1. The smallest absolute Gasteiger partial charge is 0.318 e. The van der Waals surface area contributed by atoms with Gasteiger partial charge in [0, 0.05) is 54.8 Å². The largest absolute Gasteiger partial charge is 0.462 e. The van der Waals surface area contributed by atoms with Crippen LogP contribution in [0.3, 0.4) is 0 Å². The quantitative estimate of drug-likeness (QED) is 0.215. The van der Waals surface area contributed by atoms with Crippen LogP contribution in [0.25, 0.3) is 15.6 Å². The summed E-state index contributed by atoms with van der Waals surface area (Å²) < 4.78 is 6.50. The highest BCUT2D eigenvalue weighted by Gasteiger charge is 2.31. The third-order valence-corrected chi connectivity index (χ3v) is 9.75. The van der Waals surface area contributed by atoms with Gasteiger partial charge < -0.3 is 19.4 Å². The number of hydrogen-bond donors (Lipinski definition) is 0. The van der Waals surface area contributed by atoms with Gasteiger partial charge in [0.15, 0.2) is 0 Å². The van der Waals surface area contributed by atoms with Gasteiger partial charge in [0.25, 0.3) is 0 Å². The van der Waals surface area contributed by atoms with E-state index in [2.05, 4.69) is 93.2 Å². The molecule has 3 aliphatic heterocycles. The molecule has 0 amide bonds. The van der Waals surface area contributed by atoms with Gasteiger partial charge in [-0.05, 0) is 68.2 Å². The minimum Gasteiger partial charge on any atom is -0.462 e. The van der Waals surface area contributed by atoms with E-state index in [9.17, 15) is 0 Å². The van der Waals surface area contributed by atoms with Crippen molar-refractivity contribution in [3.63, 3.8) is 0 Å². The van der Waals surface area contributed by atoms with Crippen LogP contribution in [-0.4, -0.2) is 60.2 Å². The van der Waals surface area contributed by atoms with Crippen LogP contribution >= 0.6 is 0 Å². The first-order valence-corrected chi connectivity index (χ1v) is 16.3. The molecule has 7 heteroatoms. The molecule has 3 aliphatic rings. The summed E-state index contributed by atoms with van der Waals surface area (Å²) in [7, 11) is 0. The van der Waals surface area contributed by atoms with E-state index in [1.807, 2.05) is 0 Å². The highest BCUT2D eigenvalue weighted by molar-refractivity contribution is 5.97. The van der Waals surface area contributed by atoms with E-state index in [0.29, 0.717) is 31.1 Å². The van der Waals surface area contributed by atoms with E-state index in [0.717, 1.165) is 76.5 Å².